The lowest BCUT2D eigenvalue weighted by molar-refractivity contribution is 0.314. The number of thiol groups is 2. The second kappa shape index (κ2) is 12.6. The third-order valence-electron chi connectivity index (χ3n) is 7.03. The molecule has 0 spiro atoms. The Kier molecular flexibility index (Phi) is 10.4. The van der Waals surface area contributed by atoms with Crippen LogP contribution < -0.4 is 0 Å². The van der Waals surface area contributed by atoms with Gasteiger partial charge in [0.25, 0.3) is 0 Å². The summed E-state index contributed by atoms with van der Waals surface area (Å²) in [4.78, 5) is 2.66. The molecule has 2 aliphatic heterocycles. The zero-order valence-electron chi connectivity index (χ0n) is 21.5. The molecule has 2 aliphatic rings. The average Bonchev–Trinajstić information content (AvgIpc) is 3.44. The molecular weight excluding hydrogens is 597 g/mol. The number of pyridine rings is 2. The first-order chi connectivity index (χ1) is 17.0. The van der Waals surface area contributed by atoms with E-state index in [0.717, 1.165) is 68.0 Å². The fourth-order valence-electron chi connectivity index (χ4n) is 4.84. The van der Waals surface area contributed by atoms with E-state index >= 15 is 0 Å². The molecule has 36 heavy (non-hydrogen) atoms. The molecule has 0 radical (unpaired) electrons. The molecule has 10 heteroatoms. The summed E-state index contributed by atoms with van der Waals surface area (Å²) in [5.41, 5.74) is 2.70. The molecule has 0 bridgehead atoms. The van der Waals surface area contributed by atoms with E-state index < -0.39 is 0 Å². The molecular formula is C26H36N2S8. The van der Waals surface area contributed by atoms with Crippen molar-refractivity contribution in [2.45, 2.75) is 84.3 Å². The van der Waals surface area contributed by atoms with E-state index in [-0.39, 0.29) is 11.1 Å². The van der Waals surface area contributed by atoms with Gasteiger partial charge < -0.3 is 9.13 Å². The van der Waals surface area contributed by atoms with E-state index in [2.05, 4.69) is 72.5 Å². The molecule has 0 saturated heterocycles. The first-order valence-electron chi connectivity index (χ1n) is 12.4. The Labute approximate surface area is 255 Å². The molecule has 4 heterocycles. The monoisotopic (exact) mass is 632 g/mol. The minimum Gasteiger partial charge on any atom is -0.322 e. The van der Waals surface area contributed by atoms with E-state index in [0.29, 0.717) is 0 Å². The van der Waals surface area contributed by atoms with Gasteiger partial charge in [0.15, 0.2) is 0 Å². The van der Waals surface area contributed by atoms with Crippen LogP contribution in [0.1, 0.15) is 51.7 Å². The third-order valence-corrected chi connectivity index (χ3v) is 13.0. The highest BCUT2D eigenvalue weighted by Gasteiger charge is 2.27. The van der Waals surface area contributed by atoms with E-state index in [1.807, 2.05) is 23.5 Å². The van der Waals surface area contributed by atoms with Crippen molar-refractivity contribution in [2.24, 2.45) is 0 Å². The van der Waals surface area contributed by atoms with Crippen LogP contribution in [0.2, 0.25) is 0 Å². The Hall–Kier alpha value is 0.840. The van der Waals surface area contributed by atoms with Gasteiger partial charge in [0.1, 0.15) is 9.28 Å². The lowest BCUT2D eigenvalue weighted by Crippen LogP contribution is -2.29. The normalized spacial score (nSPS) is 15.4. The molecule has 2 nitrogen and oxygen atoms in total. The second-order valence-corrected chi connectivity index (χ2v) is 16.9. The predicted molar refractivity (Wildman–Crippen MR) is 176 cm³/mol. The number of hydrogen-bond acceptors (Lipinski definition) is 8. The number of aromatic nitrogens is 2. The summed E-state index contributed by atoms with van der Waals surface area (Å²) in [5, 5.41) is 2.14. The van der Waals surface area contributed by atoms with E-state index in [4.69, 9.17) is 49.7 Å². The molecule has 198 valence electrons. The molecule has 0 amide bonds. The quantitative estimate of drug-likeness (QED) is 0.144. The number of rotatable bonds is 11. The van der Waals surface area contributed by atoms with Gasteiger partial charge in [-0.15, -0.1) is 48.8 Å². The highest BCUT2D eigenvalue weighted by molar-refractivity contribution is 8.03. The molecule has 4 rings (SSSR count). The highest BCUT2D eigenvalue weighted by Crippen LogP contribution is 2.39. The van der Waals surface area contributed by atoms with Crippen LogP contribution >= 0.6 is 96.7 Å². The molecule has 0 atom stereocenters. The lowest BCUT2D eigenvalue weighted by Gasteiger charge is -2.31. The lowest BCUT2D eigenvalue weighted by atomic mass is 10.0. The summed E-state index contributed by atoms with van der Waals surface area (Å²) in [5.74, 6) is 6.89. The van der Waals surface area contributed by atoms with Crippen molar-refractivity contribution in [2.75, 3.05) is 34.5 Å². The number of hydrogen-bond donors (Lipinski definition) is 2. The molecule has 0 fully saturated rings. The zero-order valence-corrected chi connectivity index (χ0v) is 28.2. The van der Waals surface area contributed by atoms with Gasteiger partial charge in [-0.2, -0.15) is 23.5 Å². The van der Waals surface area contributed by atoms with Crippen LogP contribution in [0.25, 0.3) is 0 Å². The van der Waals surface area contributed by atoms with Crippen molar-refractivity contribution >= 4 is 96.7 Å². The maximum atomic E-state index is 5.76. The van der Waals surface area contributed by atoms with Crippen molar-refractivity contribution < 1.29 is 0 Å². The van der Waals surface area contributed by atoms with E-state index in [9.17, 15) is 0 Å². The number of fused-ring (bicyclic) bond motifs is 2. The largest absolute Gasteiger partial charge is 0.322 e. The number of nitrogens with zero attached hydrogens (tertiary/aromatic N) is 2. The fourth-order valence-corrected chi connectivity index (χ4v) is 12.2. The Morgan fingerprint density at radius 1 is 0.750 bits per heavy atom. The topological polar surface area (TPSA) is 9.86 Å². The van der Waals surface area contributed by atoms with Crippen LogP contribution in [0.4, 0.5) is 0 Å². The van der Waals surface area contributed by atoms with Gasteiger partial charge in [-0.25, -0.2) is 0 Å². The van der Waals surface area contributed by atoms with Crippen LogP contribution in [-0.4, -0.2) is 43.7 Å². The first kappa shape index (κ1) is 29.8. The van der Waals surface area contributed by atoms with Gasteiger partial charge in [-0.3, -0.25) is 0 Å². The maximum absolute atomic E-state index is 5.76. The van der Waals surface area contributed by atoms with Crippen molar-refractivity contribution in [1.82, 2.24) is 9.13 Å². The first-order valence-corrected chi connectivity index (χ1v) is 18.4. The smallest absolute Gasteiger partial charge is 0.108 e. The summed E-state index contributed by atoms with van der Waals surface area (Å²) in [6.07, 6.45) is 4.37. The Morgan fingerprint density at radius 3 is 1.53 bits per heavy atom. The molecule has 0 aliphatic carbocycles. The van der Waals surface area contributed by atoms with Crippen LogP contribution in [0, 0.1) is 9.28 Å². The summed E-state index contributed by atoms with van der Waals surface area (Å²) in [7, 11) is 0. The molecule has 0 N–H and O–H groups in total. The Morgan fingerprint density at radius 2 is 1.14 bits per heavy atom. The Bertz CT molecular complexity index is 1130. The highest BCUT2D eigenvalue weighted by atomic mass is 32.2. The molecule has 0 unspecified atom stereocenters. The van der Waals surface area contributed by atoms with E-state index in [1.165, 1.54) is 32.4 Å². The fraction of sp³-hybridized carbons (Fsp3) is 0.615. The van der Waals surface area contributed by atoms with Gasteiger partial charge in [0.05, 0.1) is 10.1 Å². The summed E-state index contributed by atoms with van der Waals surface area (Å²) in [6, 6.07) is 4.36. The second-order valence-electron chi connectivity index (χ2n) is 10.5. The van der Waals surface area contributed by atoms with E-state index in [1.54, 1.807) is 0 Å². The van der Waals surface area contributed by atoms with Crippen LogP contribution in [0.15, 0.2) is 32.0 Å². The van der Waals surface area contributed by atoms with Gasteiger partial charge in [0, 0.05) is 43.9 Å². The molecule has 2 aromatic heterocycles. The van der Waals surface area contributed by atoms with Crippen LogP contribution in [-0.2, 0) is 23.9 Å². The predicted octanol–water partition coefficient (Wildman–Crippen LogP) is 9.04. The third kappa shape index (κ3) is 6.58. The van der Waals surface area contributed by atoms with Gasteiger partial charge in [-0.1, -0.05) is 24.4 Å². The van der Waals surface area contributed by atoms with Gasteiger partial charge >= 0.3 is 0 Å². The standard InChI is InChI=1S/C26H36N2S8/c1-25(2,27-21(29)15-19-17(23(27)31)5-9-35-19)7-11-33-13-14-34-12-8-26(3,4)28-22(30)16-20-18(24(28)32)6-10-36-20/h15-16,31-32H,5-14H2,1-4H3. The van der Waals surface area contributed by atoms with Crippen LogP contribution in [0.5, 0.6) is 0 Å². The minimum absolute atomic E-state index is 0.0291. The maximum Gasteiger partial charge on any atom is 0.108 e. The molecule has 0 saturated carbocycles. The van der Waals surface area contributed by atoms with Crippen LogP contribution in [0.3, 0.4) is 0 Å². The zero-order chi connectivity index (χ0) is 26.1. The molecule has 2 aromatic rings. The summed E-state index contributed by atoms with van der Waals surface area (Å²) >= 11 is 29.2. The Balaban J connectivity index is 1.22. The van der Waals surface area contributed by atoms with Gasteiger partial charge in [-0.05, 0) is 88.1 Å². The summed E-state index contributed by atoms with van der Waals surface area (Å²) in [6.45, 7) is 9.19. The van der Waals surface area contributed by atoms with Gasteiger partial charge in [0.2, 0.25) is 0 Å². The van der Waals surface area contributed by atoms with Crippen molar-refractivity contribution in [3.8, 4) is 0 Å². The molecule has 0 aromatic carbocycles. The SMILES string of the molecule is CC(C)(CCSCCSCCC(C)(C)n1c(S)c2c(cc1=S)SCC2)n1c(S)c2c(cc1=S)SCC2. The number of thioether (sulfide) groups is 4. The minimum atomic E-state index is -0.0291. The van der Waals surface area contributed by atoms with Crippen molar-refractivity contribution in [1.29, 1.82) is 0 Å². The van der Waals surface area contributed by atoms with Crippen molar-refractivity contribution in [3.63, 3.8) is 0 Å². The van der Waals surface area contributed by atoms with Crippen molar-refractivity contribution in [3.05, 3.63) is 32.5 Å². The summed E-state index contributed by atoms with van der Waals surface area (Å²) < 4.78 is 6.39. The average molecular weight is 633 g/mol.